The number of aliphatic carboxylic acids is 1. The molecule has 0 heterocycles. The van der Waals surface area contributed by atoms with Crippen molar-refractivity contribution in [3.63, 3.8) is 0 Å². The molecule has 1 aromatic carbocycles. The molecule has 0 aliphatic carbocycles. The van der Waals surface area contributed by atoms with Crippen LogP contribution in [0.4, 0.5) is 10.5 Å². The molecule has 1 aromatic rings. The predicted molar refractivity (Wildman–Crippen MR) is 74.8 cm³/mol. The number of carboxylic acid groups (broad SMARTS) is 1. The third-order valence-corrected chi connectivity index (χ3v) is 2.69. The monoisotopic (exact) mass is 298 g/mol. The highest BCUT2D eigenvalue weighted by Gasteiger charge is 2.25. The summed E-state index contributed by atoms with van der Waals surface area (Å²) in [5, 5.41) is 22.8. The average molecular weight is 298 g/mol. The zero-order valence-electron chi connectivity index (χ0n) is 11.9. The minimum atomic E-state index is -1.42. The van der Waals surface area contributed by atoms with Crippen molar-refractivity contribution in [2.75, 3.05) is 19.5 Å². The van der Waals surface area contributed by atoms with E-state index in [1.54, 1.807) is 12.1 Å². The number of hydrogen-bond acceptors (Lipinski definition) is 5. The molecule has 116 valence electrons. The van der Waals surface area contributed by atoms with Crippen molar-refractivity contribution in [3.8, 4) is 11.5 Å². The molecule has 1 rings (SSSR count). The Bertz CT molecular complexity index is 517. The van der Waals surface area contributed by atoms with E-state index in [2.05, 4.69) is 10.6 Å². The molecule has 0 saturated carbocycles. The second-order valence-corrected chi connectivity index (χ2v) is 4.22. The van der Waals surface area contributed by atoms with Gasteiger partial charge in [0, 0.05) is 6.07 Å². The van der Waals surface area contributed by atoms with E-state index in [4.69, 9.17) is 14.6 Å². The first-order valence-corrected chi connectivity index (χ1v) is 6.09. The van der Waals surface area contributed by atoms with Crippen LogP contribution in [0.5, 0.6) is 11.5 Å². The fourth-order valence-corrected chi connectivity index (χ4v) is 1.60. The van der Waals surface area contributed by atoms with Gasteiger partial charge in [-0.15, -0.1) is 0 Å². The minimum absolute atomic E-state index is 0.309. The summed E-state index contributed by atoms with van der Waals surface area (Å²) < 4.78 is 10.1. The van der Waals surface area contributed by atoms with Crippen LogP contribution in [0.3, 0.4) is 0 Å². The fourth-order valence-electron chi connectivity index (χ4n) is 1.60. The summed E-state index contributed by atoms with van der Waals surface area (Å²) in [6.45, 7) is 1.27. The van der Waals surface area contributed by atoms with E-state index in [0.29, 0.717) is 17.2 Å². The summed E-state index contributed by atoms with van der Waals surface area (Å²) in [6.07, 6.45) is -1.24. The van der Waals surface area contributed by atoms with E-state index >= 15 is 0 Å². The number of nitrogens with one attached hydrogen (secondary N) is 2. The Morgan fingerprint density at radius 2 is 1.90 bits per heavy atom. The largest absolute Gasteiger partial charge is 0.497 e. The van der Waals surface area contributed by atoms with Gasteiger partial charge in [-0.3, -0.25) is 0 Å². The van der Waals surface area contributed by atoms with E-state index in [1.165, 1.54) is 27.2 Å². The highest BCUT2D eigenvalue weighted by molar-refractivity contribution is 5.93. The van der Waals surface area contributed by atoms with E-state index in [9.17, 15) is 14.7 Å². The number of anilines is 1. The number of rotatable bonds is 6. The van der Waals surface area contributed by atoms with Gasteiger partial charge in [-0.25, -0.2) is 9.59 Å². The number of aliphatic hydroxyl groups is 1. The molecule has 8 heteroatoms. The molecule has 2 amide bonds. The molecule has 0 aliphatic rings. The normalized spacial score (nSPS) is 13.0. The maximum Gasteiger partial charge on any atom is 0.328 e. The summed E-state index contributed by atoms with van der Waals surface area (Å²) in [5.41, 5.74) is 0.309. The lowest BCUT2D eigenvalue weighted by atomic mass is 10.2. The number of carbonyl (C=O) groups is 2. The Kier molecular flexibility index (Phi) is 5.79. The molecule has 0 bridgehead atoms. The highest BCUT2D eigenvalue weighted by Crippen LogP contribution is 2.28. The first-order chi connectivity index (χ1) is 9.88. The van der Waals surface area contributed by atoms with Gasteiger partial charge < -0.3 is 30.3 Å². The highest BCUT2D eigenvalue weighted by atomic mass is 16.5. The lowest BCUT2D eigenvalue weighted by Gasteiger charge is -2.18. The van der Waals surface area contributed by atoms with Gasteiger partial charge in [-0.2, -0.15) is 0 Å². The summed E-state index contributed by atoms with van der Waals surface area (Å²) in [5.74, 6) is -0.455. The summed E-state index contributed by atoms with van der Waals surface area (Å²) >= 11 is 0. The van der Waals surface area contributed by atoms with Crippen molar-refractivity contribution in [2.24, 2.45) is 0 Å². The first kappa shape index (κ1) is 16.6. The third-order valence-electron chi connectivity index (χ3n) is 2.69. The van der Waals surface area contributed by atoms with Crippen LogP contribution in [0.25, 0.3) is 0 Å². The molecular formula is C13H18N2O6. The van der Waals surface area contributed by atoms with Gasteiger partial charge in [0.25, 0.3) is 0 Å². The fraction of sp³-hybridized carbons (Fsp3) is 0.385. The van der Waals surface area contributed by atoms with Gasteiger partial charge in [0.15, 0.2) is 6.04 Å². The molecule has 0 fully saturated rings. The van der Waals surface area contributed by atoms with Crippen LogP contribution >= 0.6 is 0 Å². The average Bonchev–Trinajstić information content (AvgIpc) is 2.43. The van der Waals surface area contributed by atoms with Gasteiger partial charge in [0.05, 0.1) is 26.0 Å². The van der Waals surface area contributed by atoms with Crippen molar-refractivity contribution < 1.29 is 29.3 Å². The molecule has 2 atom stereocenters. The number of aliphatic hydroxyl groups excluding tert-OH is 1. The van der Waals surface area contributed by atoms with E-state index in [-0.39, 0.29) is 0 Å². The minimum Gasteiger partial charge on any atom is -0.497 e. The van der Waals surface area contributed by atoms with Gasteiger partial charge in [-0.05, 0) is 19.1 Å². The molecule has 0 aliphatic heterocycles. The summed E-state index contributed by atoms with van der Waals surface area (Å²) in [7, 11) is 2.90. The number of ether oxygens (including phenoxy) is 2. The first-order valence-electron chi connectivity index (χ1n) is 6.09. The van der Waals surface area contributed by atoms with E-state index in [0.717, 1.165) is 0 Å². The zero-order chi connectivity index (χ0) is 16.0. The number of methoxy groups -OCH3 is 2. The molecule has 2 unspecified atom stereocenters. The molecule has 0 saturated heterocycles. The number of carbonyl (C=O) groups excluding carboxylic acids is 1. The van der Waals surface area contributed by atoms with Crippen LogP contribution in [0.2, 0.25) is 0 Å². The maximum absolute atomic E-state index is 11.8. The number of hydrogen-bond donors (Lipinski definition) is 4. The molecule has 8 nitrogen and oxygen atoms in total. The smallest absolute Gasteiger partial charge is 0.328 e. The van der Waals surface area contributed by atoms with Crippen LogP contribution < -0.4 is 20.1 Å². The van der Waals surface area contributed by atoms with Crippen LogP contribution in [-0.2, 0) is 4.79 Å². The second kappa shape index (κ2) is 7.34. The molecule has 0 aromatic heterocycles. The standard InChI is InChI=1S/C13H18N2O6/c1-7(16)11(12(17)18)15-13(19)14-9-6-8(20-2)4-5-10(9)21-3/h4-7,11,16H,1-3H3,(H,17,18)(H2,14,15,19). The Morgan fingerprint density at radius 3 is 2.38 bits per heavy atom. The van der Waals surface area contributed by atoms with Gasteiger partial charge in [0.1, 0.15) is 11.5 Å². The lowest BCUT2D eigenvalue weighted by Crippen LogP contribution is -2.49. The van der Waals surface area contributed by atoms with Crippen LogP contribution in [0.1, 0.15) is 6.92 Å². The Labute approximate surface area is 121 Å². The predicted octanol–water partition coefficient (Wildman–Crippen LogP) is 0.659. The van der Waals surface area contributed by atoms with Crippen molar-refractivity contribution >= 4 is 17.7 Å². The SMILES string of the molecule is COc1ccc(OC)c(NC(=O)NC(C(=O)O)C(C)O)c1. The number of amides is 2. The van der Waals surface area contributed by atoms with Crippen LogP contribution in [0, 0.1) is 0 Å². The van der Waals surface area contributed by atoms with Gasteiger partial charge in [0.2, 0.25) is 0 Å². The zero-order valence-corrected chi connectivity index (χ0v) is 11.9. The van der Waals surface area contributed by atoms with Crippen molar-refractivity contribution in [1.82, 2.24) is 5.32 Å². The van der Waals surface area contributed by atoms with Crippen molar-refractivity contribution in [1.29, 1.82) is 0 Å². The molecule has 0 radical (unpaired) electrons. The van der Waals surface area contributed by atoms with Gasteiger partial charge >= 0.3 is 12.0 Å². The van der Waals surface area contributed by atoms with Crippen molar-refractivity contribution in [2.45, 2.75) is 19.1 Å². The number of carboxylic acids is 1. The van der Waals surface area contributed by atoms with Crippen molar-refractivity contribution in [3.05, 3.63) is 18.2 Å². The topological polar surface area (TPSA) is 117 Å². The van der Waals surface area contributed by atoms with Gasteiger partial charge in [-0.1, -0.05) is 0 Å². The summed E-state index contributed by atoms with van der Waals surface area (Å²) in [4.78, 5) is 22.7. The summed E-state index contributed by atoms with van der Waals surface area (Å²) in [6, 6.07) is 2.57. The molecule has 0 spiro atoms. The maximum atomic E-state index is 11.8. The van der Waals surface area contributed by atoms with Crippen LogP contribution in [0.15, 0.2) is 18.2 Å². The van der Waals surface area contributed by atoms with Crippen LogP contribution in [-0.4, -0.2) is 48.6 Å². The second-order valence-electron chi connectivity index (χ2n) is 4.22. The molecule has 21 heavy (non-hydrogen) atoms. The Balaban J connectivity index is 2.85. The quantitative estimate of drug-likeness (QED) is 0.613. The third kappa shape index (κ3) is 4.53. The number of urea groups is 1. The molecule has 4 N–H and O–H groups in total. The lowest BCUT2D eigenvalue weighted by molar-refractivity contribution is -0.141. The van der Waals surface area contributed by atoms with E-state index < -0.39 is 24.1 Å². The van der Waals surface area contributed by atoms with E-state index in [1.807, 2.05) is 0 Å². The molecular weight excluding hydrogens is 280 g/mol. The Morgan fingerprint density at radius 1 is 1.24 bits per heavy atom. The number of benzene rings is 1. The Hall–Kier alpha value is -2.48.